The van der Waals surface area contributed by atoms with Crippen molar-refractivity contribution < 1.29 is 0 Å². The number of hydrogen-bond donors (Lipinski definition) is 0. The van der Waals surface area contributed by atoms with Gasteiger partial charge in [-0.3, -0.25) is 0 Å². The van der Waals surface area contributed by atoms with Crippen molar-refractivity contribution in [1.29, 1.82) is 0 Å². The minimum absolute atomic E-state index is 0.174. The van der Waals surface area contributed by atoms with Crippen LogP contribution in [0.3, 0.4) is 0 Å². The second kappa shape index (κ2) is 4.42. The molecule has 0 saturated heterocycles. The molecule has 0 saturated carbocycles. The molecule has 0 nitrogen and oxygen atoms in total. The summed E-state index contributed by atoms with van der Waals surface area (Å²) in [6, 6.07) is 0. The maximum atomic E-state index is 6.02. The predicted molar refractivity (Wildman–Crippen MR) is 53.7 cm³/mol. The van der Waals surface area contributed by atoms with E-state index in [1.54, 1.807) is 0 Å². The molecular weight excluding hydrogens is 178 g/mol. The van der Waals surface area contributed by atoms with Gasteiger partial charge in [-0.15, -0.1) is 11.6 Å². The normalized spacial score (nSPS) is 25.2. The second-order valence-electron chi connectivity index (χ2n) is 3.13. The summed E-state index contributed by atoms with van der Waals surface area (Å²) in [7, 11) is 0. The van der Waals surface area contributed by atoms with Gasteiger partial charge in [-0.1, -0.05) is 24.9 Å². The van der Waals surface area contributed by atoms with Crippen molar-refractivity contribution in [2.24, 2.45) is 0 Å². The first-order valence-electron chi connectivity index (χ1n) is 4.20. The number of rotatable bonds is 2. The minimum Gasteiger partial charge on any atom is -0.189 e. The van der Waals surface area contributed by atoms with E-state index in [2.05, 4.69) is 12.9 Å². The highest BCUT2D eigenvalue weighted by molar-refractivity contribution is 7.10. The molecular formula is C8H13BCl2. The molecule has 1 atom stereocenters. The molecule has 0 spiro atoms. The molecule has 0 aromatic heterocycles. The van der Waals surface area contributed by atoms with Crippen LogP contribution >= 0.6 is 23.1 Å². The molecule has 0 aromatic rings. The van der Waals surface area contributed by atoms with Crippen molar-refractivity contribution in [3.8, 4) is 0 Å². The van der Waals surface area contributed by atoms with Gasteiger partial charge in [-0.2, -0.15) is 11.5 Å². The highest BCUT2D eigenvalue weighted by Gasteiger charge is 2.21. The number of alkyl halides is 1. The molecule has 0 fully saturated rings. The van der Waals surface area contributed by atoms with Gasteiger partial charge in [0.15, 0.2) is 0 Å². The molecule has 0 N–H and O–H groups in total. The Hall–Kier alpha value is 0.385. The Balaban J connectivity index is 2.49. The molecule has 0 bridgehead atoms. The van der Waals surface area contributed by atoms with Gasteiger partial charge in [0.2, 0.25) is 0 Å². The smallest absolute Gasteiger partial charge is 0.189 e. The lowest BCUT2D eigenvalue weighted by molar-refractivity contribution is 0.798. The van der Waals surface area contributed by atoms with Crippen molar-refractivity contribution in [1.82, 2.24) is 0 Å². The molecule has 0 aromatic carbocycles. The van der Waals surface area contributed by atoms with Crippen molar-refractivity contribution in [2.45, 2.75) is 37.9 Å². The lowest BCUT2D eigenvalue weighted by Crippen LogP contribution is -2.16. The van der Waals surface area contributed by atoms with Crippen LogP contribution < -0.4 is 0 Å². The van der Waals surface area contributed by atoms with E-state index in [0.717, 1.165) is 19.2 Å². The van der Waals surface area contributed by atoms with Crippen LogP contribution in [-0.2, 0) is 0 Å². The summed E-state index contributed by atoms with van der Waals surface area (Å²) in [6.07, 6.45) is 4.49. The van der Waals surface area contributed by atoms with Crippen LogP contribution in [0.2, 0.25) is 6.32 Å². The van der Waals surface area contributed by atoms with Crippen molar-refractivity contribution >= 4 is 29.2 Å². The number of allylic oxidation sites excluding steroid dienone is 1. The van der Waals surface area contributed by atoms with E-state index in [-0.39, 0.29) is 11.5 Å². The monoisotopic (exact) mass is 190 g/mol. The highest BCUT2D eigenvalue weighted by atomic mass is 35.5. The van der Waals surface area contributed by atoms with Gasteiger partial charge < -0.3 is 0 Å². The van der Waals surface area contributed by atoms with E-state index in [9.17, 15) is 0 Å². The Morgan fingerprint density at radius 3 is 3.00 bits per heavy atom. The molecule has 1 unspecified atom stereocenters. The van der Waals surface area contributed by atoms with E-state index in [1.165, 1.54) is 12.0 Å². The van der Waals surface area contributed by atoms with Crippen LogP contribution in [0, 0.1) is 0 Å². The molecule has 1 rings (SSSR count). The van der Waals surface area contributed by atoms with Gasteiger partial charge in [0.25, 0.3) is 6.13 Å². The Morgan fingerprint density at radius 2 is 2.45 bits per heavy atom. The molecule has 0 radical (unpaired) electrons. The lowest BCUT2D eigenvalue weighted by atomic mass is 9.65. The fraction of sp³-hybridized carbons (Fsp3) is 0.750. The summed E-state index contributed by atoms with van der Waals surface area (Å²) in [5.74, 6) is 2.17. The Bertz CT molecular complexity index is 156. The molecule has 0 aliphatic carbocycles. The summed E-state index contributed by atoms with van der Waals surface area (Å²) in [4.78, 5) is 0. The fourth-order valence-electron chi connectivity index (χ4n) is 1.51. The van der Waals surface area contributed by atoms with Gasteiger partial charge >= 0.3 is 0 Å². The average molecular weight is 191 g/mol. The zero-order valence-electron chi connectivity index (χ0n) is 6.82. The van der Waals surface area contributed by atoms with Crippen molar-refractivity contribution in [3.63, 3.8) is 0 Å². The minimum atomic E-state index is 0.174. The molecule has 3 heteroatoms. The maximum Gasteiger partial charge on any atom is 0.277 e. The number of halogens is 2. The largest absolute Gasteiger partial charge is 0.277 e. The van der Waals surface area contributed by atoms with Gasteiger partial charge in [0, 0.05) is 5.38 Å². The molecule has 1 heterocycles. The van der Waals surface area contributed by atoms with Gasteiger partial charge in [-0.25, -0.2) is 0 Å². The van der Waals surface area contributed by atoms with E-state index in [4.69, 9.17) is 23.1 Å². The third kappa shape index (κ3) is 3.08. The second-order valence-corrected chi connectivity index (χ2v) is 4.31. The first-order chi connectivity index (χ1) is 5.22. The third-order valence-electron chi connectivity index (χ3n) is 1.95. The van der Waals surface area contributed by atoms with Gasteiger partial charge in [-0.05, 0) is 19.2 Å². The van der Waals surface area contributed by atoms with Crippen LogP contribution in [0.25, 0.3) is 0 Å². The van der Waals surface area contributed by atoms with E-state index in [1.807, 2.05) is 0 Å². The average Bonchev–Trinajstić information content (AvgIpc) is 1.85. The quantitative estimate of drug-likeness (QED) is 0.462. The standard InChI is InChI=1S/C8H13BCl2/c1-2-3-7-4-8(10)6-9(11)5-7/h5,8H,2-4,6H2,1H3. The molecule has 11 heavy (non-hydrogen) atoms. The summed E-state index contributed by atoms with van der Waals surface area (Å²) < 4.78 is 0. The molecule has 0 amide bonds. The summed E-state index contributed by atoms with van der Waals surface area (Å²) in [5, 5.41) is 0.268. The summed E-state index contributed by atoms with van der Waals surface area (Å²) in [6.45, 7) is 2.18. The van der Waals surface area contributed by atoms with E-state index < -0.39 is 0 Å². The van der Waals surface area contributed by atoms with Crippen LogP contribution in [0.4, 0.5) is 0 Å². The van der Waals surface area contributed by atoms with Crippen LogP contribution in [0.1, 0.15) is 26.2 Å². The topological polar surface area (TPSA) is 0 Å². The van der Waals surface area contributed by atoms with Crippen molar-refractivity contribution in [3.05, 3.63) is 11.5 Å². The van der Waals surface area contributed by atoms with Crippen LogP contribution in [0.15, 0.2) is 11.5 Å². The molecule has 1 aliphatic heterocycles. The Labute approximate surface area is 78.9 Å². The third-order valence-corrected chi connectivity index (χ3v) is 2.59. The Morgan fingerprint density at radius 1 is 1.73 bits per heavy atom. The Kier molecular flexibility index (Phi) is 3.81. The molecule has 62 valence electrons. The maximum absolute atomic E-state index is 6.02. The lowest BCUT2D eigenvalue weighted by Gasteiger charge is -2.18. The van der Waals surface area contributed by atoms with Gasteiger partial charge in [0.05, 0.1) is 0 Å². The summed E-state index contributed by atoms with van der Waals surface area (Å²) in [5.41, 5.74) is 1.44. The number of hydrogen-bond acceptors (Lipinski definition) is 0. The zero-order chi connectivity index (χ0) is 8.27. The highest BCUT2D eigenvalue weighted by Crippen LogP contribution is 2.27. The van der Waals surface area contributed by atoms with E-state index >= 15 is 0 Å². The van der Waals surface area contributed by atoms with Crippen LogP contribution in [0.5, 0.6) is 0 Å². The fourth-order valence-corrected chi connectivity index (χ4v) is 2.39. The zero-order valence-corrected chi connectivity index (χ0v) is 8.33. The summed E-state index contributed by atoms with van der Waals surface area (Å²) >= 11 is 12.0. The van der Waals surface area contributed by atoms with E-state index in [0.29, 0.717) is 0 Å². The van der Waals surface area contributed by atoms with Crippen LogP contribution in [-0.4, -0.2) is 11.5 Å². The van der Waals surface area contributed by atoms with Crippen molar-refractivity contribution in [2.75, 3.05) is 0 Å². The first-order valence-corrected chi connectivity index (χ1v) is 5.07. The predicted octanol–water partition coefficient (Wildman–Crippen LogP) is 3.49. The van der Waals surface area contributed by atoms with Gasteiger partial charge in [0.1, 0.15) is 0 Å². The molecule has 1 aliphatic rings. The SMILES string of the molecule is CCCC1=CB(Cl)CC(Cl)C1. The first kappa shape index (κ1) is 9.47.